The predicted molar refractivity (Wildman–Crippen MR) is 72.4 cm³/mol. The lowest BCUT2D eigenvalue weighted by molar-refractivity contribution is -0.205. The Hall–Kier alpha value is -1.66. The zero-order chi connectivity index (χ0) is 15.4. The first kappa shape index (κ1) is 18.3. The van der Waals surface area contributed by atoms with Crippen molar-refractivity contribution in [3.63, 3.8) is 0 Å². The molecule has 1 radical (unpaired) electrons. The molecule has 0 aliphatic rings. The molecule has 6 heteroatoms. The van der Waals surface area contributed by atoms with E-state index in [4.69, 9.17) is 14.2 Å². The molecule has 0 aromatic rings. The molecule has 0 aromatic carbocycles. The third kappa shape index (κ3) is 8.44. The molecular formula is C14H21O6. The highest BCUT2D eigenvalue weighted by molar-refractivity contribution is 5.83. The number of hydrogen-bond donors (Lipinski definition) is 1. The van der Waals surface area contributed by atoms with E-state index in [-0.39, 0.29) is 6.61 Å². The molecule has 0 aromatic heterocycles. The topological polar surface area (TPSA) is 82.1 Å². The van der Waals surface area contributed by atoms with Crippen LogP contribution in [0, 0.1) is 6.92 Å². The molecule has 0 saturated carbocycles. The fourth-order valence-corrected chi connectivity index (χ4v) is 1.15. The highest BCUT2D eigenvalue weighted by Gasteiger charge is 2.26. The lowest BCUT2D eigenvalue weighted by atomic mass is 10.3. The smallest absolute Gasteiger partial charge is 0.333 e. The maximum absolute atomic E-state index is 11.3. The minimum absolute atomic E-state index is 0.133. The molecule has 0 spiro atoms. The van der Waals surface area contributed by atoms with Gasteiger partial charge in [0.15, 0.2) is 6.10 Å². The predicted octanol–water partition coefficient (Wildman–Crippen LogP) is 1.15. The van der Waals surface area contributed by atoms with Crippen LogP contribution >= 0.6 is 0 Å². The van der Waals surface area contributed by atoms with Gasteiger partial charge in [0.1, 0.15) is 0 Å². The van der Waals surface area contributed by atoms with Crippen molar-refractivity contribution in [2.24, 2.45) is 0 Å². The number of allylic oxidation sites excluding steroid dienone is 2. The highest BCUT2D eigenvalue weighted by Crippen LogP contribution is 2.06. The number of carbonyl (C=O) groups excluding carboxylic acids is 2. The molecule has 0 fully saturated rings. The van der Waals surface area contributed by atoms with Gasteiger partial charge in [-0.3, -0.25) is 0 Å². The van der Waals surface area contributed by atoms with E-state index < -0.39 is 24.3 Å². The van der Waals surface area contributed by atoms with Crippen LogP contribution in [0.1, 0.15) is 20.3 Å². The van der Waals surface area contributed by atoms with E-state index in [0.717, 1.165) is 12.2 Å². The molecule has 1 atom stereocenters. The second-order valence-corrected chi connectivity index (χ2v) is 3.74. The van der Waals surface area contributed by atoms with Crippen LogP contribution in [0.5, 0.6) is 0 Å². The molecule has 0 aliphatic heterocycles. The highest BCUT2D eigenvalue weighted by atomic mass is 16.7. The van der Waals surface area contributed by atoms with Crippen LogP contribution in [0.3, 0.4) is 0 Å². The summed E-state index contributed by atoms with van der Waals surface area (Å²) < 4.78 is 14.8. The fraction of sp³-hybridized carbons (Fsp3) is 0.500. The third-order valence-corrected chi connectivity index (χ3v) is 1.96. The Morgan fingerprint density at radius 3 is 2.05 bits per heavy atom. The number of aliphatic hydroxyl groups is 1. The van der Waals surface area contributed by atoms with Crippen molar-refractivity contribution in [1.82, 2.24) is 0 Å². The van der Waals surface area contributed by atoms with Crippen LogP contribution in [-0.2, 0) is 23.8 Å². The van der Waals surface area contributed by atoms with Gasteiger partial charge in [-0.25, -0.2) is 9.59 Å². The average Bonchev–Trinajstić information content (AvgIpc) is 2.38. The molecule has 0 saturated heterocycles. The van der Waals surface area contributed by atoms with E-state index >= 15 is 0 Å². The van der Waals surface area contributed by atoms with Crippen LogP contribution in [-0.4, -0.2) is 42.7 Å². The van der Waals surface area contributed by atoms with Gasteiger partial charge in [-0.2, -0.15) is 0 Å². The first-order chi connectivity index (χ1) is 9.54. The van der Waals surface area contributed by atoms with Crippen molar-refractivity contribution in [3.8, 4) is 0 Å². The summed E-state index contributed by atoms with van der Waals surface area (Å²) in [7, 11) is 0. The Labute approximate surface area is 119 Å². The molecule has 113 valence electrons. The normalized spacial score (nSPS) is 14.4. The number of aliphatic hydroxyl groups excluding tert-OH is 1. The summed E-state index contributed by atoms with van der Waals surface area (Å²) in [6.07, 6.45) is 3.09. The first-order valence-corrected chi connectivity index (χ1v) is 6.26. The van der Waals surface area contributed by atoms with Crippen molar-refractivity contribution < 1.29 is 28.9 Å². The maximum atomic E-state index is 11.3. The quantitative estimate of drug-likeness (QED) is 0.296. The summed E-state index contributed by atoms with van der Waals surface area (Å²) in [6.45, 7) is 7.06. The van der Waals surface area contributed by atoms with Gasteiger partial charge in [-0.05, 0) is 20.3 Å². The van der Waals surface area contributed by atoms with Crippen LogP contribution < -0.4 is 0 Å². The zero-order valence-corrected chi connectivity index (χ0v) is 11.8. The Balaban J connectivity index is 4.58. The van der Waals surface area contributed by atoms with Crippen molar-refractivity contribution in [3.05, 3.63) is 31.2 Å². The van der Waals surface area contributed by atoms with E-state index in [2.05, 4.69) is 6.92 Å². The van der Waals surface area contributed by atoms with Crippen molar-refractivity contribution in [2.75, 3.05) is 13.2 Å². The van der Waals surface area contributed by atoms with Crippen molar-refractivity contribution in [2.45, 2.75) is 32.7 Å². The molecule has 1 N–H and O–H groups in total. The number of esters is 2. The largest absolute Gasteiger partial charge is 0.419 e. The second-order valence-electron chi connectivity index (χ2n) is 3.74. The van der Waals surface area contributed by atoms with Crippen LogP contribution in [0.4, 0.5) is 0 Å². The van der Waals surface area contributed by atoms with Gasteiger partial charge in [-0.15, -0.1) is 0 Å². The standard InChI is InChI=1S/C14H21O6/c1-4-7-12(16)19-14(20-13(17)8-5-2)11(15)10-18-9-6-3/h4-5,7-8,11,14-15H,3,6,9-10H2,1-2H3. The monoisotopic (exact) mass is 285 g/mol. The zero-order valence-electron chi connectivity index (χ0n) is 11.8. The molecule has 1 unspecified atom stereocenters. The van der Waals surface area contributed by atoms with E-state index in [9.17, 15) is 14.7 Å². The molecule has 6 nitrogen and oxygen atoms in total. The van der Waals surface area contributed by atoms with Gasteiger partial charge < -0.3 is 19.3 Å². The van der Waals surface area contributed by atoms with Crippen LogP contribution in [0.15, 0.2) is 24.3 Å². The second kappa shape index (κ2) is 11.2. The van der Waals surface area contributed by atoms with Crippen LogP contribution in [0.25, 0.3) is 0 Å². The minimum Gasteiger partial charge on any atom is -0.419 e. The van der Waals surface area contributed by atoms with Gasteiger partial charge in [0.05, 0.1) is 6.61 Å². The Kier molecular flexibility index (Phi) is 10.3. The summed E-state index contributed by atoms with van der Waals surface area (Å²) >= 11 is 0. The summed E-state index contributed by atoms with van der Waals surface area (Å²) in [4.78, 5) is 22.7. The van der Waals surface area contributed by atoms with Gasteiger partial charge in [0, 0.05) is 18.8 Å². The minimum atomic E-state index is -1.42. The molecule has 20 heavy (non-hydrogen) atoms. The number of carbonyl (C=O) groups is 2. The van der Waals surface area contributed by atoms with Crippen LogP contribution in [0.2, 0.25) is 0 Å². The molecular weight excluding hydrogens is 264 g/mol. The number of ether oxygens (including phenoxy) is 3. The SMILES string of the molecule is [CH2]CCOCC(O)C(OC(=O)C=CC)OC(=O)C=CC. The molecule has 0 rings (SSSR count). The first-order valence-electron chi connectivity index (χ1n) is 6.26. The fourth-order valence-electron chi connectivity index (χ4n) is 1.15. The van der Waals surface area contributed by atoms with Gasteiger partial charge in [0.2, 0.25) is 0 Å². The maximum Gasteiger partial charge on any atom is 0.333 e. The van der Waals surface area contributed by atoms with Gasteiger partial charge in [-0.1, -0.05) is 19.1 Å². The third-order valence-electron chi connectivity index (χ3n) is 1.96. The lowest BCUT2D eigenvalue weighted by Gasteiger charge is -2.21. The summed E-state index contributed by atoms with van der Waals surface area (Å²) in [5.74, 6) is -1.44. The Morgan fingerprint density at radius 1 is 1.15 bits per heavy atom. The number of rotatable bonds is 9. The lowest BCUT2D eigenvalue weighted by Crippen LogP contribution is -2.38. The summed E-state index contributed by atoms with van der Waals surface area (Å²) in [5, 5.41) is 9.82. The van der Waals surface area contributed by atoms with E-state index in [1.54, 1.807) is 13.8 Å². The number of hydrogen-bond acceptors (Lipinski definition) is 6. The molecule has 0 amide bonds. The molecule has 0 heterocycles. The average molecular weight is 285 g/mol. The summed E-state index contributed by atoms with van der Waals surface area (Å²) in [6, 6.07) is 0. The molecule has 0 aliphatic carbocycles. The molecule has 0 bridgehead atoms. The van der Waals surface area contributed by atoms with Crippen molar-refractivity contribution >= 4 is 11.9 Å². The van der Waals surface area contributed by atoms with Crippen molar-refractivity contribution in [1.29, 1.82) is 0 Å². The van der Waals surface area contributed by atoms with E-state index in [0.29, 0.717) is 13.0 Å². The van der Waals surface area contributed by atoms with Gasteiger partial charge >= 0.3 is 11.9 Å². The van der Waals surface area contributed by atoms with E-state index in [1.165, 1.54) is 12.2 Å². The van der Waals surface area contributed by atoms with Gasteiger partial charge in [0.25, 0.3) is 6.29 Å². The summed E-state index contributed by atoms with van der Waals surface area (Å²) in [5.41, 5.74) is 0. The Bertz CT molecular complexity index is 322. The van der Waals surface area contributed by atoms with E-state index in [1.807, 2.05) is 0 Å². The Morgan fingerprint density at radius 2 is 1.65 bits per heavy atom.